The summed E-state index contributed by atoms with van der Waals surface area (Å²) in [6.07, 6.45) is -3.99. The van der Waals surface area contributed by atoms with Gasteiger partial charge in [0, 0.05) is 6.54 Å². The van der Waals surface area contributed by atoms with E-state index in [0.29, 0.717) is 6.42 Å². The minimum atomic E-state index is -4.67. The number of anilines is 1. The highest BCUT2D eigenvalue weighted by atomic mass is 32.2. The minimum Gasteiger partial charge on any atom is -0.354 e. The molecule has 9 heteroatoms. The molecule has 0 bridgehead atoms. The largest absolute Gasteiger partial charge is 0.416 e. The van der Waals surface area contributed by atoms with Crippen LogP contribution in [0.2, 0.25) is 0 Å². The number of carbonyl (C=O) groups excluding carboxylic acids is 1. The van der Waals surface area contributed by atoms with Crippen LogP contribution in [0.15, 0.2) is 95.9 Å². The summed E-state index contributed by atoms with van der Waals surface area (Å²) in [5.74, 6) is -0.594. The second kappa shape index (κ2) is 11.5. The SMILES string of the molecule is Cc1ccc(S(=O)(=O)N(CC(=O)NCC(C)Cc2cccc3ccccc23)c2cccc(C(F)(F)F)c2)cc1. The summed E-state index contributed by atoms with van der Waals surface area (Å²) in [6, 6.07) is 23.9. The number of nitrogens with zero attached hydrogens (tertiary/aromatic N) is 1. The van der Waals surface area contributed by atoms with E-state index < -0.39 is 34.2 Å². The topological polar surface area (TPSA) is 66.5 Å². The number of fused-ring (bicyclic) bond motifs is 1. The molecule has 4 rings (SSSR count). The molecule has 0 radical (unpaired) electrons. The van der Waals surface area contributed by atoms with Gasteiger partial charge in [-0.3, -0.25) is 9.10 Å². The quantitative estimate of drug-likeness (QED) is 0.262. The molecule has 0 aliphatic heterocycles. The van der Waals surface area contributed by atoms with Crippen molar-refractivity contribution >= 4 is 32.4 Å². The van der Waals surface area contributed by atoms with Crippen LogP contribution in [0.3, 0.4) is 0 Å². The van der Waals surface area contributed by atoms with Crippen molar-refractivity contribution < 1.29 is 26.4 Å². The number of amides is 1. The Labute approximate surface area is 226 Å². The van der Waals surface area contributed by atoms with E-state index in [4.69, 9.17) is 0 Å². The molecule has 0 saturated carbocycles. The molecule has 1 unspecified atom stereocenters. The smallest absolute Gasteiger partial charge is 0.354 e. The number of hydrogen-bond donors (Lipinski definition) is 1. The van der Waals surface area contributed by atoms with Gasteiger partial charge in [0.1, 0.15) is 6.54 Å². The van der Waals surface area contributed by atoms with E-state index in [0.717, 1.165) is 44.4 Å². The zero-order chi connectivity index (χ0) is 28.2. The van der Waals surface area contributed by atoms with Crippen LogP contribution in [0.5, 0.6) is 0 Å². The van der Waals surface area contributed by atoms with Gasteiger partial charge in [0.15, 0.2) is 0 Å². The van der Waals surface area contributed by atoms with Crippen molar-refractivity contribution in [1.29, 1.82) is 0 Å². The average molecular weight is 555 g/mol. The third-order valence-electron chi connectivity index (χ3n) is 6.45. The van der Waals surface area contributed by atoms with Gasteiger partial charge in [-0.15, -0.1) is 0 Å². The van der Waals surface area contributed by atoms with Crippen LogP contribution in [0.1, 0.15) is 23.6 Å². The molecule has 0 aliphatic carbocycles. The first-order valence-corrected chi connectivity index (χ1v) is 13.9. The molecule has 39 heavy (non-hydrogen) atoms. The van der Waals surface area contributed by atoms with E-state index >= 15 is 0 Å². The Morgan fingerprint density at radius 1 is 0.923 bits per heavy atom. The summed E-state index contributed by atoms with van der Waals surface area (Å²) in [4.78, 5) is 12.8. The molecule has 0 aliphatic rings. The number of rotatable bonds is 9. The predicted molar refractivity (Wildman–Crippen MR) is 147 cm³/mol. The molecule has 0 heterocycles. The Morgan fingerprint density at radius 2 is 1.59 bits per heavy atom. The average Bonchev–Trinajstić information content (AvgIpc) is 2.90. The summed E-state index contributed by atoms with van der Waals surface area (Å²) < 4.78 is 67.9. The summed E-state index contributed by atoms with van der Waals surface area (Å²) in [5.41, 5.74) is 0.692. The Hall–Kier alpha value is -3.85. The zero-order valence-corrected chi connectivity index (χ0v) is 22.4. The highest BCUT2D eigenvalue weighted by Crippen LogP contribution is 2.33. The van der Waals surface area contributed by atoms with Gasteiger partial charge in [-0.05, 0) is 65.9 Å². The van der Waals surface area contributed by atoms with Crippen LogP contribution in [0.4, 0.5) is 18.9 Å². The zero-order valence-electron chi connectivity index (χ0n) is 21.6. The number of nitrogens with one attached hydrogen (secondary N) is 1. The van der Waals surface area contributed by atoms with E-state index in [1.807, 2.05) is 49.4 Å². The van der Waals surface area contributed by atoms with Crippen molar-refractivity contribution in [3.8, 4) is 0 Å². The maximum absolute atomic E-state index is 13.5. The third-order valence-corrected chi connectivity index (χ3v) is 8.24. The van der Waals surface area contributed by atoms with Gasteiger partial charge in [0.2, 0.25) is 5.91 Å². The monoisotopic (exact) mass is 554 g/mol. The molecule has 204 valence electrons. The lowest BCUT2D eigenvalue weighted by molar-refractivity contribution is -0.137. The van der Waals surface area contributed by atoms with Crippen molar-refractivity contribution in [2.45, 2.75) is 31.3 Å². The molecular formula is C30H29F3N2O3S. The molecule has 1 atom stereocenters. The molecular weight excluding hydrogens is 525 g/mol. The van der Waals surface area contributed by atoms with Crippen molar-refractivity contribution in [2.75, 3.05) is 17.4 Å². The first kappa shape index (κ1) is 28.2. The Balaban J connectivity index is 1.53. The van der Waals surface area contributed by atoms with Gasteiger partial charge in [-0.25, -0.2) is 8.42 Å². The first-order valence-electron chi connectivity index (χ1n) is 12.4. The lowest BCUT2D eigenvalue weighted by Crippen LogP contribution is -2.42. The molecule has 1 amide bonds. The highest BCUT2D eigenvalue weighted by Gasteiger charge is 2.33. The Morgan fingerprint density at radius 3 is 2.31 bits per heavy atom. The number of sulfonamides is 1. The predicted octanol–water partition coefficient (Wildman–Crippen LogP) is 6.36. The van der Waals surface area contributed by atoms with Crippen molar-refractivity contribution in [1.82, 2.24) is 5.32 Å². The summed E-state index contributed by atoms with van der Waals surface area (Å²) in [6.45, 7) is 3.35. The number of halogens is 3. The number of hydrogen-bond acceptors (Lipinski definition) is 3. The molecule has 0 fully saturated rings. The molecule has 4 aromatic carbocycles. The second-order valence-electron chi connectivity index (χ2n) is 9.62. The summed E-state index contributed by atoms with van der Waals surface area (Å²) >= 11 is 0. The standard InChI is InChI=1S/C30H29F3N2O3S/c1-21-13-15-27(16-14-21)39(37,38)35(26-11-6-10-25(18-26)30(31,32)33)20-29(36)34-19-22(2)17-24-9-5-8-23-7-3-4-12-28(23)24/h3-16,18,22H,17,19-20H2,1-2H3,(H,34,36). The van der Waals surface area contributed by atoms with Gasteiger partial charge < -0.3 is 5.32 Å². The van der Waals surface area contributed by atoms with Crippen LogP contribution in [-0.2, 0) is 27.4 Å². The minimum absolute atomic E-state index is 0.0236. The fraction of sp³-hybridized carbons (Fsp3) is 0.233. The van der Waals surface area contributed by atoms with Gasteiger partial charge in [0.05, 0.1) is 16.1 Å². The van der Waals surface area contributed by atoms with E-state index in [1.165, 1.54) is 18.2 Å². The van der Waals surface area contributed by atoms with Gasteiger partial charge in [-0.1, -0.05) is 73.2 Å². The van der Waals surface area contributed by atoms with E-state index in [-0.39, 0.29) is 23.0 Å². The number of benzene rings is 4. The van der Waals surface area contributed by atoms with Gasteiger partial charge >= 0.3 is 6.18 Å². The summed E-state index contributed by atoms with van der Waals surface area (Å²) in [5, 5.41) is 5.00. The fourth-order valence-corrected chi connectivity index (χ4v) is 5.80. The molecule has 0 saturated heterocycles. The lowest BCUT2D eigenvalue weighted by atomic mass is 9.96. The maximum Gasteiger partial charge on any atom is 0.416 e. The van der Waals surface area contributed by atoms with Crippen molar-refractivity contribution in [2.24, 2.45) is 5.92 Å². The number of aryl methyl sites for hydroxylation is 1. The molecule has 1 N–H and O–H groups in total. The van der Waals surface area contributed by atoms with E-state index in [9.17, 15) is 26.4 Å². The number of alkyl halides is 3. The van der Waals surface area contributed by atoms with Crippen molar-refractivity contribution in [3.05, 3.63) is 108 Å². The molecule has 0 aromatic heterocycles. The first-order chi connectivity index (χ1) is 18.4. The molecule has 4 aromatic rings. The van der Waals surface area contributed by atoms with Crippen molar-refractivity contribution in [3.63, 3.8) is 0 Å². The number of carbonyl (C=O) groups is 1. The van der Waals surface area contributed by atoms with Crippen LogP contribution in [-0.4, -0.2) is 27.4 Å². The van der Waals surface area contributed by atoms with Crippen LogP contribution >= 0.6 is 0 Å². The fourth-order valence-electron chi connectivity index (χ4n) is 4.38. The third kappa shape index (κ3) is 6.78. The maximum atomic E-state index is 13.5. The second-order valence-corrected chi connectivity index (χ2v) is 11.5. The van der Waals surface area contributed by atoms with Crippen LogP contribution < -0.4 is 9.62 Å². The molecule has 5 nitrogen and oxygen atoms in total. The van der Waals surface area contributed by atoms with Crippen LogP contribution in [0.25, 0.3) is 10.8 Å². The highest BCUT2D eigenvalue weighted by molar-refractivity contribution is 7.92. The normalized spacial score (nSPS) is 12.7. The lowest BCUT2D eigenvalue weighted by Gasteiger charge is -2.25. The van der Waals surface area contributed by atoms with E-state index in [1.54, 1.807) is 19.1 Å². The Bertz CT molecular complexity index is 1560. The van der Waals surface area contributed by atoms with E-state index in [2.05, 4.69) is 5.32 Å². The summed E-state index contributed by atoms with van der Waals surface area (Å²) in [7, 11) is -4.33. The Kier molecular flexibility index (Phi) is 8.30. The molecule has 0 spiro atoms. The van der Waals surface area contributed by atoms with Gasteiger partial charge in [-0.2, -0.15) is 13.2 Å². The van der Waals surface area contributed by atoms with Crippen LogP contribution in [0, 0.1) is 12.8 Å². The van der Waals surface area contributed by atoms with Gasteiger partial charge in [0.25, 0.3) is 10.0 Å².